The van der Waals surface area contributed by atoms with Gasteiger partial charge in [0.15, 0.2) is 14.3 Å². The fourth-order valence-electron chi connectivity index (χ4n) is 7.01. The Morgan fingerprint density at radius 3 is 1.33 bits per heavy atom. The van der Waals surface area contributed by atoms with Crippen LogP contribution in [0.2, 0.25) is 0 Å². The molecule has 236 valence electrons. The van der Waals surface area contributed by atoms with Gasteiger partial charge in [-0.3, -0.25) is 0 Å². The molecular formula is C43H36O3P2. The Bertz CT molecular complexity index is 2250. The first-order valence-corrected chi connectivity index (χ1v) is 19.4. The van der Waals surface area contributed by atoms with Gasteiger partial charge in [-0.05, 0) is 47.9 Å². The highest BCUT2D eigenvalue weighted by Gasteiger charge is 2.38. The van der Waals surface area contributed by atoms with E-state index in [4.69, 9.17) is 4.74 Å². The van der Waals surface area contributed by atoms with Gasteiger partial charge in [-0.15, -0.1) is 0 Å². The fraction of sp³-hybridized carbons (Fsp3) is 0.0698. The smallest absolute Gasteiger partial charge is 0.171 e. The van der Waals surface area contributed by atoms with E-state index >= 15 is 9.13 Å². The number of ether oxygens (including phenoxy) is 1. The van der Waals surface area contributed by atoms with Crippen molar-refractivity contribution in [2.24, 2.45) is 0 Å². The van der Waals surface area contributed by atoms with E-state index in [1.165, 1.54) is 0 Å². The van der Waals surface area contributed by atoms with Gasteiger partial charge >= 0.3 is 0 Å². The lowest BCUT2D eigenvalue weighted by Gasteiger charge is -2.29. The maximum Gasteiger partial charge on any atom is 0.171 e. The minimum absolute atomic E-state index is 0.695. The number of aryl methyl sites for hydroxylation is 1. The SMILES string of the molecule is COc1c(C)cc(P(=O)(c2ccccc2)c2ccccc2)c(-c2c(P(=O)(c3ccccc3)c3ccccc3)ccc3ccccc23)c1C. The Balaban J connectivity index is 1.71. The van der Waals surface area contributed by atoms with Crippen molar-refractivity contribution in [3.05, 3.63) is 175 Å². The summed E-state index contributed by atoms with van der Waals surface area (Å²) in [5, 5.41) is 6.27. The standard InChI is InChI=1S/C43H36O3P2/c1-31-30-40(48(45,36-23-12-6-13-24-36)37-25-14-7-15-26-37)41(32(2)43(31)46-3)42-38-27-17-16-18-33(38)28-29-39(42)47(44,34-19-8-4-9-20-34)35-21-10-5-11-22-35/h4-30H,1-3H3. The zero-order valence-electron chi connectivity index (χ0n) is 27.2. The van der Waals surface area contributed by atoms with Crippen molar-refractivity contribution >= 4 is 56.9 Å². The minimum atomic E-state index is -3.50. The summed E-state index contributed by atoms with van der Waals surface area (Å²) in [6.07, 6.45) is 0. The lowest BCUT2D eigenvalue weighted by atomic mass is 9.93. The van der Waals surface area contributed by atoms with Crippen LogP contribution in [0.5, 0.6) is 5.75 Å². The molecule has 0 spiro atoms. The highest BCUT2D eigenvalue weighted by molar-refractivity contribution is 7.86. The molecule has 7 aromatic rings. The van der Waals surface area contributed by atoms with E-state index in [2.05, 4.69) is 18.2 Å². The third kappa shape index (κ3) is 5.15. The van der Waals surface area contributed by atoms with E-state index in [1.54, 1.807) is 7.11 Å². The van der Waals surface area contributed by atoms with Gasteiger partial charge in [-0.2, -0.15) is 0 Å². The lowest BCUT2D eigenvalue weighted by Crippen LogP contribution is -2.30. The average Bonchev–Trinajstić information content (AvgIpc) is 3.15. The molecule has 7 rings (SSSR count). The first-order chi connectivity index (χ1) is 23.4. The molecule has 0 aliphatic rings. The first kappa shape index (κ1) is 31.6. The van der Waals surface area contributed by atoms with Crippen LogP contribution in [0.4, 0.5) is 0 Å². The van der Waals surface area contributed by atoms with Gasteiger partial charge in [0.1, 0.15) is 5.75 Å². The van der Waals surface area contributed by atoms with Crippen molar-refractivity contribution in [3.63, 3.8) is 0 Å². The van der Waals surface area contributed by atoms with Crippen LogP contribution in [0.25, 0.3) is 21.9 Å². The number of rotatable bonds is 8. The molecule has 7 aromatic carbocycles. The average molecular weight is 663 g/mol. The molecule has 0 radical (unpaired) electrons. The van der Waals surface area contributed by atoms with Gasteiger partial charge in [0.2, 0.25) is 0 Å². The van der Waals surface area contributed by atoms with E-state index < -0.39 is 14.3 Å². The topological polar surface area (TPSA) is 43.4 Å². The summed E-state index contributed by atoms with van der Waals surface area (Å²) in [4.78, 5) is 0. The molecule has 0 N–H and O–H groups in total. The molecule has 48 heavy (non-hydrogen) atoms. The number of hydrogen-bond donors (Lipinski definition) is 0. The largest absolute Gasteiger partial charge is 0.496 e. The van der Waals surface area contributed by atoms with Crippen LogP contribution in [-0.2, 0) is 9.13 Å². The van der Waals surface area contributed by atoms with Crippen molar-refractivity contribution in [1.82, 2.24) is 0 Å². The second-order valence-electron chi connectivity index (χ2n) is 12.0. The minimum Gasteiger partial charge on any atom is -0.496 e. The summed E-state index contributed by atoms with van der Waals surface area (Å²) >= 11 is 0. The molecule has 5 heteroatoms. The van der Waals surface area contributed by atoms with Crippen molar-refractivity contribution in [2.45, 2.75) is 13.8 Å². The van der Waals surface area contributed by atoms with Crippen LogP contribution >= 0.6 is 14.3 Å². The third-order valence-corrected chi connectivity index (χ3v) is 15.4. The molecule has 0 heterocycles. The molecular weight excluding hydrogens is 626 g/mol. The highest BCUT2D eigenvalue weighted by atomic mass is 31.2. The Kier molecular flexibility index (Phi) is 8.52. The number of hydrogen-bond acceptors (Lipinski definition) is 3. The van der Waals surface area contributed by atoms with E-state index in [1.807, 2.05) is 159 Å². The predicted octanol–water partition coefficient (Wildman–Crippen LogP) is 8.41. The molecule has 0 atom stereocenters. The van der Waals surface area contributed by atoms with Gasteiger partial charge in [-0.25, -0.2) is 0 Å². The third-order valence-electron chi connectivity index (χ3n) is 9.20. The van der Waals surface area contributed by atoms with Crippen molar-refractivity contribution < 1.29 is 13.9 Å². The summed E-state index contributed by atoms with van der Waals surface area (Å²) in [5.41, 5.74) is 3.33. The Hall–Kier alpha value is -4.94. The van der Waals surface area contributed by atoms with Crippen LogP contribution in [0, 0.1) is 13.8 Å². The number of fused-ring (bicyclic) bond motifs is 1. The summed E-state index contributed by atoms with van der Waals surface area (Å²) in [5.74, 6) is 0.717. The van der Waals surface area contributed by atoms with Gasteiger partial charge in [0.25, 0.3) is 0 Å². The number of methoxy groups -OCH3 is 1. The Labute approximate surface area is 282 Å². The zero-order chi connectivity index (χ0) is 33.3. The van der Waals surface area contributed by atoms with E-state index in [0.29, 0.717) is 10.6 Å². The molecule has 3 nitrogen and oxygen atoms in total. The monoisotopic (exact) mass is 662 g/mol. The summed E-state index contributed by atoms with van der Waals surface area (Å²) < 4.78 is 38.5. The highest BCUT2D eigenvalue weighted by Crippen LogP contribution is 2.52. The number of benzene rings is 7. The molecule has 0 amide bonds. The predicted molar refractivity (Wildman–Crippen MR) is 204 cm³/mol. The molecule has 0 fully saturated rings. The molecule has 0 aliphatic heterocycles. The molecule has 0 aromatic heterocycles. The van der Waals surface area contributed by atoms with Gasteiger partial charge in [0.05, 0.1) is 7.11 Å². The van der Waals surface area contributed by atoms with Crippen LogP contribution in [-0.4, -0.2) is 7.11 Å². The van der Waals surface area contributed by atoms with Crippen LogP contribution in [0.3, 0.4) is 0 Å². The summed E-state index contributed by atoms with van der Waals surface area (Å²) in [6.45, 7) is 4.04. The van der Waals surface area contributed by atoms with Gasteiger partial charge in [0, 0.05) is 43.0 Å². The Morgan fingerprint density at radius 2 is 0.875 bits per heavy atom. The molecule has 0 bridgehead atoms. The van der Waals surface area contributed by atoms with Gasteiger partial charge in [-0.1, -0.05) is 152 Å². The van der Waals surface area contributed by atoms with E-state index in [0.717, 1.165) is 60.0 Å². The maximum atomic E-state index is 16.2. The van der Waals surface area contributed by atoms with Crippen molar-refractivity contribution in [2.75, 3.05) is 7.11 Å². The molecule has 0 aliphatic carbocycles. The summed E-state index contributed by atoms with van der Waals surface area (Å²) in [7, 11) is -5.31. The molecule has 0 unspecified atom stereocenters. The quantitative estimate of drug-likeness (QED) is 0.154. The Morgan fingerprint density at radius 1 is 0.458 bits per heavy atom. The molecule has 0 saturated carbocycles. The van der Waals surface area contributed by atoms with E-state index in [-0.39, 0.29) is 0 Å². The zero-order valence-corrected chi connectivity index (χ0v) is 29.0. The first-order valence-electron chi connectivity index (χ1n) is 16.0. The molecule has 0 saturated heterocycles. The normalized spacial score (nSPS) is 11.8. The van der Waals surface area contributed by atoms with Crippen molar-refractivity contribution in [1.29, 1.82) is 0 Å². The lowest BCUT2D eigenvalue weighted by molar-refractivity contribution is 0.409. The summed E-state index contributed by atoms with van der Waals surface area (Å²) in [6, 6.07) is 53.2. The van der Waals surface area contributed by atoms with Crippen LogP contribution in [0.15, 0.2) is 164 Å². The second kappa shape index (κ2) is 12.9. The maximum absolute atomic E-state index is 16.2. The van der Waals surface area contributed by atoms with Crippen LogP contribution in [0.1, 0.15) is 11.1 Å². The second-order valence-corrected chi connectivity index (χ2v) is 17.5. The van der Waals surface area contributed by atoms with Crippen molar-refractivity contribution in [3.8, 4) is 16.9 Å². The van der Waals surface area contributed by atoms with Crippen LogP contribution < -0.4 is 36.6 Å². The van der Waals surface area contributed by atoms with E-state index in [9.17, 15) is 0 Å². The van der Waals surface area contributed by atoms with Gasteiger partial charge < -0.3 is 13.9 Å². The fourth-order valence-corrected chi connectivity index (χ4v) is 12.9.